The average molecular weight is 173 g/mol. The van der Waals surface area contributed by atoms with Crippen LogP contribution in [0.2, 0.25) is 0 Å². The minimum atomic E-state index is 1.03. The summed E-state index contributed by atoms with van der Waals surface area (Å²) in [6.45, 7) is 9.88. The zero-order chi connectivity index (χ0) is 9.84. The number of rotatable bonds is 2. The molecule has 0 aromatic carbocycles. The van der Waals surface area contributed by atoms with Crippen LogP contribution in [0.3, 0.4) is 0 Å². The van der Waals surface area contributed by atoms with E-state index in [-0.39, 0.29) is 0 Å². The second kappa shape index (κ2) is 4.04. The van der Waals surface area contributed by atoms with Gasteiger partial charge in [-0.2, -0.15) is 0 Å². The molecule has 1 heteroatoms. The number of nitrogens with zero attached hydrogens (tertiary/aromatic N) is 1. The van der Waals surface area contributed by atoms with Crippen molar-refractivity contribution in [1.82, 2.24) is 4.98 Å². The molecule has 0 aliphatic heterocycles. The Kier molecular flexibility index (Phi) is 3.02. The van der Waals surface area contributed by atoms with Crippen molar-refractivity contribution in [2.75, 3.05) is 0 Å². The molecule has 0 N–H and O–H groups in total. The van der Waals surface area contributed by atoms with Gasteiger partial charge in [0.15, 0.2) is 0 Å². The first-order valence-electron chi connectivity index (χ1n) is 4.41. The lowest BCUT2D eigenvalue weighted by Crippen LogP contribution is -1.92. The van der Waals surface area contributed by atoms with Gasteiger partial charge in [-0.1, -0.05) is 24.8 Å². The van der Waals surface area contributed by atoms with Crippen molar-refractivity contribution >= 4 is 5.57 Å². The average Bonchev–Trinajstić information content (AvgIpc) is 2.10. The highest BCUT2D eigenvalue weighted by molar-refractivity contribution is 5.72. The lowest BCUT2D eigenvalue weighted by molar-refractivity contribution is 1.18. The zero-order valence-electron chi connectivity index (χ0n) is 8.46. The van der Waals surface area contributed by atoms with Crippen LogP contribution >= 0.6 is 0 Å². The van der Waals surface area contributed by atoms with Crippen LogP contribution in [0.1, 0.15) is 23.7 Å². The molecule has 0 unspecified atom stereocenters. The van der Waals surface area contributed by atoms with Crippen molar-refractivity contribution in [1.29, 1.82) is 0 Å². The van der Waals surface area contributed by atoms with Gasteiger partial charge in [0.1, 0.15) is 0 Å². The first-order chi connectivity index (χ1) is 6.19. The SMILES string of the molecule is C=C/C(=C/C)c1ncc(C)cc1C. The largest absolute Gasteiger partial charge is 0.256 e. The quantitative estimate of drug-likeness (QED) is 0.625. The van der Waals surface area contributed by atoms with Crippen LogP contribution in [0.5, 0.6) is 0 Å². The van der Waals surface area contributed by atoms with Crippen molar-refractivity contribution in [2.24, 2.45) is 0 Å². The molecule has 1 aromatic rings. The van der Waals surface area contributed by atoms with E-state index >= 15 is 0 Å². The standard InChI is InChI=1S/C12H15N/c1-5-11(6-2)12-10(4)7-9(3)8-13-12/h5-8H,1H2,2-4H3/b11-6-. The topological polar surface area (TPSA) is 12.9 Å². The van der Waals surface area contributed by atoms with Crippen LogP contribution in [0, 0.1) is 13.8 Å². The van der Waals surface area contributed by atoms with E-state index in [0.29, 0.717) is 0 Å². The minimum absolute atomic E-state index is 1.03. The molecule has 0 spiro atoms. The third-order valence-corrected chi connectivity index (χ3v) is 2.02. The fourth-order valence-electron chi connectivity index (χ4n) is 1.37. The maximum absolute atomic E-state index is 4.38. The monoisotopic (exact) mass is 173 g/mol. The summed E-state index contributed by atoms with van der Waals surface area (Å²) in [4.78, 5) is 4.38. The minimum Gasteiger partial charge on any atom is -0.256 e. The molecule has 1 nitrogen and oxygen atoms in total. The van der Waals surface area contributed by atoms with Crippen LogP contribution in [-0.2, 0) is 0 Å². The molecule has 0 radical (unpaired) electrons. The predicted octanol–water partition coefficient (Wildman–Crippen LogP) is 3.29. The molecule has 1 heterocycles. The van der Waals surface area contributed by atoms with Gasteiger partial charge in [-0.15, -0.1) is 0 Å². The first kappa shape index (κ1) is 9.72. The lowest BCUT2D eigenvalue weighted by atomic mass is 10.1. The first-order valence-corrected chi connectivity index (χ1v) is 4.41. The Hall–Kier alpha value is -1.37. The van der Waals surface area contributed by atoms with Crippen molar-refractivity contribution in [3.63, 3.8) is 0 Å². The van der Waals surface area contributed by atoms with Crippen LogP contribution in [-0.4, -0.2) is 4.98 Å². The van der Waals surface area contributed by atoms with E-state index in [4.69, 9.17) is 0 Å². The summed E-state index contributed by atoms with van der Waals surface area (Å²) < 4.78 is 0. The van der Waals surface area contributed by atoms with Crippen LogP contribution in [0.25, 0.3) is 5.57 Å². The van der Waals surface area contributed by atoms with Gasteiger partial charge in [0.2, 0.25) is 0 Å². The molecule has 0 aliphatic rings. The van der Waals surface area contributed by atoms with Crippen molar-refractivity contribution < 1.29 is 0 Å². The number of aryl methyl sites for hydroxylation is 2. The summed E-state index contributed by atoms with van der Waals surface area (Å²) in [5.74, 6) is 0. The fourth-order valence-corrected chi connectivity index (χ4v) is 1.37. The van der Waals surface area contributed by atoms with Gasteiger partial charge in [0, 0.05) is 6.20 Å². The molecule has 0 bridgehead atoms. The summed E-state index contributed by atoms with van der Waals surface area (Å²) in [6.07, 6.45) is 5.75. The summed E-state index contributed by atoms with van der Waals surface area (Å²) in [5.41, 5.74) is 4.52. The molecule has 0 fully saturated rings. The maximum atomic E-state index is 4.38. The van der Waals surface area contributed by atoms with E-state index < -0.39 is 0 Å². The van der Waals surface area contributed by atoms with Gasteiger partial charge in [0.05, 0.1) is 5.69 Å². The van der Waals surface area contributed by atoms with Gasteiger partial charge in [0.25, 0.3) is 0 Å². The highest BCUT2D eigenvalue weighted by atomic mass is 14.7. The van der Waals surface area contributed by atoms with Gasteiger partial charge >= 0.3 is 0 Å². The van der Waals surface area contributed by atoms with Crippen molar-refractivity contribution in [3.8, 4) is 0 Å². The Labute approximate surface area is 79.8 Å². The lowest BCUT2D eigenvalue weighted by Gasteiger charge is -2.05. The Morgan fingerprint density at radius 3 is 2.62 bits per heavy atom. The number of aromatic nitrogens is 1. The van der Waals surface area contributed by atoms with Gasteiger partial charge in [-0.25, -0.2) is 0 Å². The van der Waals surface area contributed by atoms with E-state index in [1.807, 2.05) is 32.2 Å². The zero-order valence-corrected chi connectivity index (χ0v) is 8.46. The molecule has 1 rings (SSSR count). The molecular formula is C12H15N. The third kappa shape index (κ3) is 2.05. The van der Waals surface area contributed by atoms with Gasteiger partial charge < -0.3 is 0 Å². The van der Waals surface area contributed by atoms with Gasteiger partial charge in [-0.3, -0.25) is 4.98 Å². The molecule has 0 saturated carbocycles. The summed E-state index contributed by atoms with van der Waals surface area (Å²) in [7, 11) is 0. The van der Waals surface area contributed by atoms with Crippen LogP contribution in [0.4, 0.5) is 0 Å². The Bertz CT molecular complexity index is 348. The predicted molar refractivity (Wildman–Crippen MR) is 57.6 cm³/mol. The Balaban J connectivity index is 3.22. The smallest absolute Gasteiger partial charge is 0.0727 e. The molecule has 0 atom stereocenters. The molecule has 0 aliphatic carbocycles. The van der Waals surface area contributed by atoms with Crippen LogP contribution in [0.15, 0.2) is 31.0 Å². The van der Waals surface area contributed by atoms with Crippen LogP contribution < -0.4 is 0 Å². The molecular weight excluding hydrogens is 158 g/mol. The van der Waals surface area contributed by atoms with Crippen molar-refractivity contribution in [3.05, 3.63) is 47.8 Å². The number of allylic oxidation sites excluding steroid dienone is 3. The molecule has 1 aromatic heterocycles. The molecule has 0 saturated heterocycles. The number of hydrogen-bond donors (Lipinski definition) is 0. The highest BCUT2D eigenvalue weighted by Gasteiger charge is 2.01. The highest BCUT2D eigenvalue weighted by Crippen LogP contribution is 2.17. The van der Waals surface area contributed by atoms with E-state index in [1.165, 1.54) is 11.1 Å². The van der Waals surface area contributed by atoms with Gasteiger partial charge in [-0.05, 0) is 37.5 Å². The second-order valence-corrected chi connectivity index (χ2v) is 3.13. The summed E-state index contributed by atoms with van der Waals surface area (Å²) >= 11 is 0. The molecule has 68 valence electrons. The summed E-state index contributed by atoms with van der Waals surface area (Å²) in [6, 6.07) is 2.13. The normalized spacial score (nSPS) is 11.5. The maximum Gasteiger partial charge on any atom is 0.0727 e. The summed E-state index contributed by atoms with van der Waals surface area (Å²) in [5, 5.41) is 0. The number of pyridine rings is 1. The molecule has 13 heavy (non-hydrogen) atoms. The van der Waals surface area contributed by atoms with E-state index in [9.17, 15) is 0 Å². The van der Waals surface area contributed by atoms with Crippen molar-refractivity contribution in [2.45, 2.75) is 20.8 Å². The van der Waals surface area contributed by atoms with E-state index in [1.54, 1.807) is 0 Å². The Morgan fingerprint density at radius 2 is 2.15 bits per heavy atom. The molecule has 0 amide bonds. The second-order valence-electron chi connectivity index (χ2n) is 3.13. The Morgan fingerprint density at radius 1 is 1.46 bits per heavy atom. The number of hydrogen-bond acceptors (Lipinski definition) is 1. The van der Waals surface area contributed by atoms with E-state index in [2.05, 4.69) is 24.6 Å². The fraction of sp³-hybridized carbons (Fsp3) is 0.250. The van der Waals surface area contributed by atoms with E-state index in [0.717, 1.165) is 11.3 Å². The third-order valence-electron chi connectivity index (χ3n) is 2.02.